The first kappa shape index (κ1) is 13.7. The number of alkyl halides is 3. The molecular formula is C11H11Cl3N2O2. The molecule has 0 aliphatic rings. The van der Waals surface area contributed by atoms with E-state index in [-0.39, 0.29) is 5.82 Å². The van der Waals surface area contributed by atoms with Gasteiger partial charge in [0, 0.05) is 7.11 Å². The second kappa shape index (κ2) is 5.53. The molecular weight excluding hydrogens is 298 g/mol. The minimum Gasteiger partial charge on any atom is -0.489 e. The average molecular weight is 310 g/mol. The lowest BCUT2D eigenvalue weighted by atomic mass is 10.3. The summed E-state index contributed by atoms with van der Waals surface area (Å²) in [6.45, 7) is 0.934. The van der Waals surface area contributed by atoms with Crippen molar-refractivity contribution in [2.45, 2.75) is 3.79 Å². The molecule has 0 aliphatic heterocycles. The van der Waals surface area contributed by atoms with Crippen LogP contribution in [0, 0.1) is 0 Å². The Labute approximate surface area is 119 Å². The van der Waals surface area contributed by atoms with E-state index in [1.807, 2.05) is 12.1 Å². The maximum atomic E-state index is 5.79. The first-order valence-corrected chi connectivity index (χ1v) is 6.33. The molecule has 18 heavy (non-hydrogen) atoms. The van der Waals surface area contributed by atoms with Gasteiger partial charge in [-0.25, -0.2) is 4.98 Å². The molecule has 0 spiro atoms. The van der Waals surface area contributed by atoms with Crippen molar-refractivity contribution in [2.24, 2.45) is 0 Å². The molecule has 1 aromatic heterocycles. The van der Waals surface area contributed by atoms with Crippen molar-refractivity contribution in [3.63, 3.8) is 0 Å². The molecule has 0 bridgehead atoms. The van der Waals surface area contributed by atoms with Gasteiger partial charge in [-0.15, -0.1) is 0 Å². The number of aromatic nitrogens is 2. The van der Waals surface area contributed by atoms with Gasteiger partial charge in [0.05, 0.1) is 12.1 Å². The number of hydrogen-bond acceptors (Lipinski definition) is 3. The average Bonchev–Trinajstić information content (AvgIpc) is 2.73. The van der Waals surface area contributed by atoms with E-state index in [9.17, 15) is 0 Å². The van der Waals surface area contributed by atoms with Crippen molar-refractivity contribution in [3.05, 3.63) is 24.0 Å². The van der Waals surface area contributed by atoms with Gasteiger partial charge >= 0.3 is 0 Å². The Balaban J connectivity index is 2.33. The van der Waals surface area contributed by atoms with Crippen molar-refractivity contribution >= 4 is 45.8 Å². The highest BCUT2D eigenvalue weighted by atomic mass is 35.6. The number of hydrogen-bond donors (Lipinski definition) is 1. The van der Waals surface area contributed by atoms with Crippen molar-refractivity contribution in [1.82, 2.24) is 9.97 Å². The standard InChI is InChI=1S/C11H11Cl3N2O2/c1-17-5-6-18-8-4-2-3-7-9(8)16-10(15-7)11(12,13)14/h2-4H,5-6H2,1H3,(H,15,16). The van der Waals surface area contributed by atoms with Gasteiger partial charge in [0.25, 0.3) is 0 Å². The molecule has 2 aromatic rings. The zero-order valence-corrected chi connectivity index (χ0v) is 11.8. The fraction of sp³-hybridized carbons (Fsp3) is 0.364. The first-order chi connectivity index (χ1) is 8.52. The molecule has 0 amide bonds. The molecule has 0 radical (unpaired) electrons. The largest absolute Gasteiger partial charge is 0.489 e. The molecule has 1 N–H and O–H groups in total. The number of nitrogens with one attached hydrogen (secondary N) is 1. The van der Waals surface area contributed by atoms with Crippen LogP contribution >= 0.6 is 34.8 Å². The third kappa shape index (κ3) is 3.01. The van der Waals surface area contributed by atoms with E-state index in [1.54, 1.807) is 13.2 Å². The van der Waals surface area contributed by atoms with E-state index in [2.05, 4.69) is 9.97 Å². The van der Waals surface area contributed by atoms with Crippen LogP contribution in [-0.4, -0.2) is 30.3 Å². The molecule has 0 saturated carbocycles. The predicted octanol–water partition coefficient (Wildman–Crippen LogP) is 3.41. The summed E-state index contributed by atoms with van der Waals surface area (Å²) >= 11 is 17.4. The van der Waals surface area contributed by atoms with Crippen LogP contribution in [0.5, 0.6) is 5.75 Å². The number of methoxy groups -OCH3 is 1. The predicted molar refractivity (Wildman–Crippen MR) is 72.7 cm³/mol. The second-order valence-corrected chi connectivity index (χ2v) is 5.86. The normalized spacial score (nSPS) is 12.0. The van der Waals surface area contributed by atoms with E-state index in [1.165, 1.54) is 0 Å². The van der Waals surface area contributed by atoms with Crippen LogP contribution in [0.4, 0.5) is 0 Å². The smallest absolute Gasteiger partial charge is 0.248 e. The zero-order valence-electron chi connectivity index (χ0n) is 9.54. The van der Waals surface area contributed by atoms with E-state index in [0.29, 0.717) is 24.5 Å². The fourth-order valence-electron chi connectivity index (χ4n) is 1.49. The maximum Gasteiger partial charge on any atom is 0.248 e. The number of halogens is 3. The van der Waals surface area contributed by atoms with Gasteiger partial charge in [-0.2, -0.15) is 0 Å². The van der Waals surface area contributed by atoms with Crippen LogP contribution in [0.3, 0.4) is 0 Å². The summed E-state index contributed by atoms with van der Waals surface area (Å²) in [5.74, 6) is 0.895. The SMILES string of the molecule is COCCOc1cccc2[nH]c(C(Cl)(Cl)Cl)nc12. The number of rotatable bonds is 4. The van der Waals surface area contributed by atoms with Crippen LogP contribution in [0.2, 0.25) is 0 Å². The second-order valence-electron chi connectivity index (χ2n) is 3.58. The minimum atomic E-state index is -1.58. The zero-order chi connectivity index (χ0) is 13.2. The Kier molecular flexibility index (Phi) is 4.22. The molecule has 7 heteroatoms. The highest BCUT2D eigenvalue weighted by Crippen LogP contribution is 2.38. The van der Waals surface area contributed by atoms with Gasteiger partial charge < -0.3 is 14.5 Å². The van der Waals surface area contributed by atoms with Crippen LogP contribution in [0.25, 0.3) is 11.0 Å². The maximum absolute atomic E-state index is 5.79. The van der Waals surface area contributed by atoms with Gasteiger partial charge in [-0.3, -0.25) is 0 Å². The number of ether oxygens (including phenoxy) is 2. The Hall–Kier alpha value is -0.680. The molecule has 0 aliphatic carbocycles. The molecule has 0 fully saturated rings. The van der Waals surface area contributed by atoms with E-state index in [4.69, 9.17) is 44.3 Å². The first-order valence-electron chi connectivity index (χ1n) is 5.20. The van der Waals surface area contributed by atoms with Crippen molar-refractivity contribution in [1.29, 1.82) is 0 Å². The molecule has 0 unspecified atom stereocenters. The van der Waals surface area contributed by atoms with Gasteiger partial charge in [0.2, 0.25) is 3.79 Å². The summed E-state index contributed by atoms with van der Waals surface area (Å²) in [4.78, 5) is 7.19. The van der Waals surface area contributed by atoms with Gasteiger partial charge in [0.1, 0.15) is 17.9 Å². The lowest BCUT2D eigenvalue weighted by molar-refractivity contribution is 0.147. The molecule has 0 atom stereocenters. The number of para-hydroxylation sites is 1. The summed E-state index contributed by atoms with van der Waals surface area (Å²) < 4.78 is 8.89. The molecule has 98 valence electrons. The Bertz CT molecular complexity index is 537. The monoisotopic (exact) mass is 308 g/mol. The quantitative estimate of drug-likeness (QED) is 0.695. The lowest BCUT2D eigenvalue weighted by Gasteiger charge is -2.05. The molecule has 0 saturated heterocycles. The van der Waals surface area contributed by atoms with E-state index < -0.39 is 3.79 Å². The highest BCUT2D eigenvalue weighted by molar-refractivity contribution is 6.66. The molecule has 1 aromatic carbocycles. The summed E-state index contributed by atoms with van der Waals surface area (Å²) in [7, 11) is 1.61. The Morgan fingerprint density at radius 3 is 2.72 bits per heavy atom. The lowest BCUT2D eigenvalue weighted by Crippen LogP contribution is -2.04. The molecule has 1 heterocycles. The number of benzene rings is 1. The van der Waals surface area contributed by atoms with E-state index in [0.717, 1.165) is 5.52 Å². The van der Waals surface area contributed by atoms with Crippen molar-refractivity contribution in [2.75, 3.05) is 20.3 Å². The van der Waals surface area contributed by atoms with Crippen molar-refractivity contribution < 1.29 is 9.47 Å². The van der Waals surface area contributed by atoms with Crippen LogP contribution in [0.15, 0.2) is 18.2 Å². The summed E-state index contributed by atoms with van der Waals surface area (Å²) in [5.41, 5.74) is 1.39. The minimum absolute atomic E-state index is 0.269. The topological polar surface area (TPSA) is 47.1 Å². The number of nitrogens with zero attached hydrogens (tertiary/aromatic N) is 1. The Morgan fingerprint density at radius 1 is 1.28 bits per heavy atom. The third-order valence-corrected chi connectivity index (χ3v) is 2.83. The number of H-pyrrole nitrogens is 1. The summed E-state index contributed by atoms with van der Waals surface area (Å²) in [6.07, 6.45) is 0. The van der Waals surface area contributed by atoms with E-state index >= 15 is 0 Å². The van der Waals surface area contributed by atoms with Gasteiger partial charge in [-0.1, -0.05) is 40.9 Å². The summed E-state index contributed by atoms with van der Waals surface area (Å²) in [6, 6.07) is 5.48. The van der Waals surface area contributed by atoms with Crippen molar-refractivity contribution in [3.8, 4) is 5.75 Å². The van der Waals surface area contributed by atoms with Gasteiger partial charge in [-0.05, 0) is 12.1 Å². The number of fused-ring (bicyclic) bond motifs is 1. The summed E-state index contributed by atoms with van der Waals surface area (Å²) in [5, 5.41) is 0. The number of imidazole rings is 1. The van der Waals surface area contributed by atoms with Crippen LogP contribution in [0.1, 0.15) is 5.82 Å². The third-order valence-electron chi connectivity index (χ3n) is 2.29. The Morgan fingerprint density at radius 2 is 2.06 bits per heavy atom. The number of aromatic amines is 1. The molecule has 2 rings (SSSR count). The van der Waals surface area contributed by atoms with Crippen LogP contribution < -0.4 is 4.74 Å². The fourth-order valence-corrected chi connectivity index (χ4v) is 1.76. The molecule has 4 nitrogen and oxygen atoms in total. The highest BCUT2D eigenvalue weighted by Gasteiger charge is 2.27. The van der Waals surface area contributed by atoms with Gasteiger partial charge in [0.15, 0.2) is 5.82 Å². The van der Waals surface area contributed by atoms with Crippen LogP contribution in [-0.2, 0) is 8.53 Å².